The summed E-state index contributed by atoms with van der Waals surface area (Å²) in [7, 11) is 0. The molecule has 0 aliphatic carbocycles. The molecule has 0 saturated carbocycles. The molecule has 1 unspecified atom stereocenters. The van der Waals surface area contributed by atoms with E-state index in [-0.39, 0.29) is 6.04 Å². The topological polar surface area (TPSA) is 24.9 Å². The lowest BCUT2D eigenvalue weighted by atomic mass is 10.0. The number of aryl methyl sites for hydroxylation is 1. The van der Waals surface area contributed by atoms with Gasteiger partial charge in [0.15, 0.2) is 0 Å². The third-order valence-corrected chi connectivity index (χ3v) is 4.66. The molecular weight excluding hydrogens is 376 g/mol. The van der Waals surface area contributed by atoms with Gasteiger partial charge >= 0.3 is 0 Å². The summed E-state index contributed by atoms with van der Waals surface area (Å²) in [6, 6.07) is 4.35. The average Bonchev–Trinajstić information content (AvgIpc) is 2.73. The van der Waals surface area contributed by atoms with Crippen LogP contribution in [-0.2, 0) is 0 Å². The van der Waals surface area contributed by atoms with Crippen molar-refractivity contribution in [3.05, 3.63) is 48.8 Å². The lowest BCUT2D eigenvalue weighted by Gasteiger charge is -2.19. The smallest absolute Gasteiger partial charge is 0.0773 e. The molecule has 0 aliphatic heterocycles. The van der Waals surface area contributed by atoms with Gasteiger partial charge in [-0.15, -0.1) is 11.3 Å². The molecular formula is C13H14Br2N2S. The fourth-order valence-corrected chi connectivity index (χ4v) is 3.85. The molecule has 0 fully saturated rings. The zero-order valence-corrected chi connectivity index (χ0v) is 14.2. The van der Waals surface area contributed by atoms with Crippen LogP contribution in [0.15, 0.2) is 32.7 Å². The molecule has 2 aromatic rings. The van der Waals surface area contributed by atoms with E-state index in [9.17, 15) is 0 Å². The highest BCUT2D eigenvalue weighted by Crippen LogP contribution is 2.32. The fraction of sp³-hybridized carbons (Fsp3) is 0.308. The molecule has 2 heterocycles. The molecule has 2 rings (SSSR count). The minimum atomic E-state index is 0.142. The number of hydrogen-bond acceptors (Lipinski definition) is 3. The lowest BCUT2D eigenvalue weighted by Crippen LogP contribution is -2.23. The van der Waals surface area contributed by atoms with Gasteiger partial charge in [-0.1, -0.05) is 6.92 Å². The normalized spacial score (nSPS) is 12.7. The Balaban J connectivity index is 2.45. The Kier molecular flexibility index (Phi) is 4.95. The quantitative estimate of drug-likeness (QED) is 0.821. The maximum absolute atomic E-state index is 4.54. The van der Waals surface area contributed by atoms with Crippen LogP contribution in [0, 0.1) is 6.92 Å². The van der Waals surface area contributed by atoms with E-state index in [1.165, 1.54) is 10.4 Å². The van der Waals surface area contributed by atoms with E-state index in [4.69, 9.17) is 0 Å². The Bertz CT molecular complexity index is 540. The average molecular weight is 390 g/mol. The minimum Gasteiger partial charge on any atom is -0.305 e. The summed E-state index contributed by atoms with van der Waals surface area (Å²) < 4.78 is 2.00. The van der Waals surface area contributed by atoms with Crippen LogP contribution >= 0.6 is 43.2 Å². The predicted molar refractivity (Wildman–Crippen MR) is 84.2 cm³/mol. The molecule has 1 atom stereocenters. The van der Waals surface area contributed by atoms with Gasteiger partial charge in [0.1, 0.15) is 0 Å². The van der Waals surface area contributed by atoms with E-state index in [2.05, 4.69) is 67.5 Å². The van der Waals surface area contributed by atoms with Gasteiger partial charge in [0.25, 0.3) is 0 Å². The number of aromatic nitrogens is 1. The molecule has 0 radical (unpaired) electrons. The molecule has 96 valence electrons. The standard InChI is InChI=1S/C13H14Br2N2S/c1-3-16-12(10-4-5-18-8(10)2)13-11(15)6-9(14)7-17-13/h4-7,12,16H,3H2,1-2H3. The van der Waals surface area contributed by atoms with Crippen molar-refractivity contribution in [2.45, 2.75) is 19.9 Å². The van der Waals surface area contributed by atoms with Crippen LogP contribution in [0.4, 0.5) is 0 Å². The Morgan fingerprint density at radius 1 is 1.44 bits per heavy atom. The Labute approximate surface area is 128 Å². The Morgan fingerprint density at radius 2 is 2.22 bits per heavy atom. The number of rotatable bonds is 4. The summed E-state index contributed by atoms with van der Waals surface area (Å²) in [6.45, 7) is 5.17. The van der Waals surface area contributed by atoms with Crippen LogP contribution in [0.1, 0.15) is 29.1 Å². The summed E-state index contributed by atoms with van der Waals surface area (Å²) in [6.07, 6.45) is 1.84. The summed E-state index contributed by atoms with van der Waals surface area (Å²) in [5.41, 5.74) is 2.33. The predicted octanol–water partition coefficient (Wildman–Crippen LogP) is 4.68. The number of nitrogens with one attached hydrogen (secondary N) is 1. The van der Waals surface area contributed by atoms with Crippen molar-refractivity contribution in [1.82, 2.24) is 10.3 Å². The first kappa shape index (κ1) is 14.2. The molecule has 1 N–H and O–H groups in total. The molecule has 0 spiro atoms. The number of halogens is 2. The monoisotopic (exact) mass is 388 g/mol. The highest BCUT2D eigenvalue weighted by Gasteiger charge is 2.19. The van der Waals surface area contributed by atoms with Gasteiger partial charge in [-0.2, -0.15) is 0 Å². The second-order valence-electron chi connectivity index (χ2n) is 3.94. The van der Waals surface area contributed by atoms with Crippen LogP contribution < -0.4 is 5.32 Å². The van der Waals surface area contributed by atoms with E-state index in [1.807, 2.05) is 12.3 Å². The van der Waals surface area contributed by atoms with Crippen LogP contribution in [0.25, 0.3) is 0 Å². The van der Waals surface area contributed by atoms with Crippen molar-refractivity contribution in [1.29, 1.82) is 0 Å². The van der Waals surface area contributed by atoms with Crippen LogP contribution in [0.2, 0.25) is 0 Å². The van der Waals surface area contributed by atoms with Crippen LogP contribution in [0.5, 0.6) is 0 Å². The fourth-order valence-electron chi connectivity index (χ4n) is 1.89. The van der Waals surface area contributed by atoms with Gasteiger partial charge in [0.05, 0.1) is 11.7 Å². The first-order valence-corrected chi connectivity index (χ1v) is 8.18. The second-order valence-corrected chi connectivity index (χ2v) is 6.83. The Morgan fingerprint density at radius 3 is 2.78 bits per heavy atom. The van der Waals surface area contributed by atoms with Gasteiger partial charge in [-0.25, -0.2) is 0 Å². The maximum Gasteiger partial charge on any atom is 0.0773 e. The molecule has 0 bridgehead atoms. The molecule has 5 heteroatoms. The van der Waals surface area contributed by atoms with Crippen molar-refractivity contribution >= 4 is 43.2 Å². The third-order valence-electron chi connectivity index (χ3n) is 2.73. The number of thiophene rings is 1. The SMILES string of the molecule is CCNC(c1ccsc1C)c1ncc(Br)cc1Br. The Hall–Kier alpha value is -0.230. The van der Waals surface area contributed by atoms with Crippen LogP contribution in [-0.4, -0.2) is 11.5 Å². The van der Waals surface area contributed by atoms with Gasteiger partial charge in [0, 0.05) is 20.0 Å². The molecule has 2 nitrogen and oxygen atoms in total. The highest BCUT2D eigenvalue weighted by atomic mass is 79.9. The van der Waals surface area contributed by atoms with E-state index in [0.717, 1.165) is 21.2 Å². The molecule has 0 aromatic carbocycles. The summed E-state index contributed by atoms with van der Waals surface area (Å²) in [5, 5.41) is 5.63. The molecule has 0 saturated heterocycles. The summed E-state index contributed by atoms with van der Waals surface area (Å²) in [4.78, 5) is 5.87. The summed E-state index contributed by atoms with van der Waals surface area (Å²) >= 11 is 8.81. The van der Waals surface area contributed by atoms with E-state index in [1.54, 1.807) is 11.3 Å². The van der Waals surface area contributed by atoms with Gasteiger partial charge in [-0.05, 0) is 68.4 Å². The first-order chi connectivity index (χ1) is 8.63. The molecule has 2 aromatic heterocycles. The van der Waals surface area contributed by atoms with Crippen molar-refractivity contribution in [2.75, 3.05) is 6.54 Å². The van der Waals surface area contributed by atoms with E-state index in [0.29, 0.717) is 0 Å². The van der Waals surface area contributed by atoms with Crippen molar-refractivity contribution in [3.63, 3.8) is 0 Å². The second kappa shape index (κ2) is 6.28. The number of pyridine rings is 1. The van der Waals surface area contributed by atoms with Gasteiger partial charge < -0.3 is 5.32 Å². The van der Waals surface area contributed by atoms with Crippen molar-refractivity contribution < 1.29 is 0 Å². The number of nitrogens with zero attached hydrogens (tertiary/aromatic N) is 1. The van der Waals surface area contributed by atoms with E-state index >= 15 is 0 Å². The maximum atomic E-state index is 4.54. The summed E-state index contributed by atoms with van der Waals surface area (Å²) in [5.74, 6) is 0. The molecule has 18 heavy (non-hydrogen) atoms. The van der Waals surface area contributed by atoms with Crippen LogP contribution in [0.3, 0.4) is 0 Å². The van der Waals surface area contributed by atoms with Crippen molar-refractivity contribution in [2.24, 2.45) is 0 Å². The first-order valence-electron chi connectivity index (χ1n) is 5.71. The third kappa shape index (κ3) is 3.02. The zero-order chi connectivity index (χ0) is 13.1. The largest absolute Gasteiger partial charge is 0.305 e. The molecule has 0 amide bonds. The zero-order valence-electron chi connectivity index (χ0n) is 10.2. The highest BCUT2D eigenvalue weighted by molar-refractivity contribution is 9.11. The molecule has 0 aliphatic rings. The lowest BCUT2D eigenvalue weighted by molar-refractivity contribution is 0.612. The van der Waals surface area contributed by atoms with Gasteiger partial charge in [0.2, 0.25) is 0 Å². The van der Waals surface area contributed by atoms with E-state index < -0.39 is 0 Å². The van der Waals surface area contributed by atoms with Gasteiger partial charge in [-0.3, -0.25) is 4.98 Å². The minimum absolute atomic E-state index is 0.142. The number of hydrogen-bond donors (Lipinski definition) is 1. The van der Waals surface area contributed by atoms with Crippen molar-refractivity contribution in [3.8, 4) is 0 Å².